The molecule has 1 saturated carbocycles. The van der Waals surface area contributed by atoms with E-state index in [1.54, 1.807) is 0 Å². The number of ether oxygens (including phenoxy) is 1. The molecule has 2 atom stereocenters. The van der Waals surface area contributed by atoms with E-state index in [2.05, 4.69) is 4.98 Å². The molecule has 0 unspecified atom stereocenters. The molecule has 1 N–H and O–H groups in total. The standard InChI is InChI=1S/C11H14N2O4/c1-7(14)17-6-9-4-8(9)5-13-3-2-10(15)12-11(13)16/h2-3,8-9H,4-6H2,1H3,(H,12,15,16)/t8-,9+/m1/s1. The van der Waals surface area contributed by atoms with Gasteiger partial charge in [0.1, 0.15) is 0 Å². The maximum Gasteiger partial charge on any atom is 0.328 e. The van der Waals surface area contributed by atoms with Crippen molar-refractivity contribution in [1.82, 2.24) is 9.55 Å². The Hall–Kier alpha value is -1.85. The molecule has 1 heterocycles. The van der Waals surface area contributed by atoms with Crippen LogP contribution < -0.4 is 11.2 Å². The summed E-state index contributed by atoms with van der Waals surface area (Å²) in [6, 6.07) is 1.32. The molecule has 1 fully saturated rings. The fourth-order valence-electron chi connectivity index (χ4n) is 1.80. The maximum absolute atomic E-state index is 11.4. The van der Waals surface area contributed by atoms with Crippen molar-refractivity contribution in [2.24, 2.45) is 11.8 Å². The van der Waals surface area contributed by atoms with Crippen LogP contribution in [0.25, 0.3) is 0 Å². The number of H-pyrrole nitrogens is 1. The number of carbonyl (C=O) groups is 1. The Morgan fingerprint density at radius 2 is 2.29 bits per heavy atom. The van der Waals surface area contributed by atoms with E-state index in [-0.39, 0.29) is 5.97 Å². The van der Waals surface area contributed by atoms with Crippen LogP contribution in [-0.2, 0) is 16.1 Å². The lowest BCUT2D eigenvalue weighted by Crippen LogP contribution is -2.29. The van der Waals surface area contributed by atoms with E-state index < -0.39 is 11.2 Å². The quantitative estimate of drug-likeness (QED) is 0.732. The lowest BCUT2D eigenvalue weighted by molar-refractivity contribution is -0.141. The number of nitrogens with one attached hydrogen (secondary N) is 1. The molecule has 6 nitrogen and oxygen atoms in total. The second-order valence-electron chi connectivity index (χ2n) is 4.32. The second kappa shape index (κ2) is 4.57. The Kier molecular flexibility index (Phi) is 3.12. The van der Waals surface area contributed by atoms with Crippen LogP contribution >= 0.6 is 0 Å². The predicted molar refractivity (Wildman–Crippen MR) is 59.6 cm³/mol. The highest BCUT2D eigenvalue weighted by molar-refractivity contribution is 5.65. The van der Waals surface area contributed by atoms with Gasteiger partial charge < -0.3 is 9.30 Å². The van der Waals surface area contributed by atoms with Gasteiger partial charge in [0.05, 0.1) is 6.61 Å². The van der Waals surface area contributed by atoms with Gasteiger partial charge in [0.15, 0.2) is 0 Å². The van der Waals surface area contributed by atoms with Crippen LogP contribution in [0, 0.1) is 11.8 Å². The summed E-state index contributed by atoms with van der Waals surface area (Å²) in [7, 11) is 0. The highest BCUT2D eigenvalue weighted by Gasteiger charge is 2.38. The monoisotopic (exact) mass is 238 g/mol. The molecule has 0 aromatic carbocycles. The third-order valence-corrected chi connectivity index (χ3v) is 2.90. The minimum Gasteiger partial charge on any atom is -0.466 e. The van der Waals surface area contributed by atoms with E-state index in [1.807, 2.05) is 0 Å². The summed E-state index contributed by atoms with van der Waals surface area (Å²) >= 11 is 0. The van der Waals surface area contributed by atoms with Crippen molar-refractivity contribution in [3.8, 4) is 0 Å². The second-order valence-corrected chi connectivity index (χ2v) is 4.32. The van der Waals surface area contributed by atoms with E-state index in [4.69, 9.17) is 4.74 Å². The maximum atomic E-state index is 11.4. The van der Waals surface area contributed by atoms with Crippen molar-refractivity contribution in [2.75, 3.05) is 6.61 Å². The van der Waals surface area contributed by atoms with Gasteiger partial charge in [-0.25, -0.2) is 4.79 Å². The van der Waals surface area contributed by atoms with E-state index >= 15 is 0 Å². The fourth-order valence-corrected chi connectivity index (χ4v) is 1.80. The van der Waals surface area contributed by atoms with E-state index in [0.29, 0.717) is 25.0 Å². The summed E-state index contributed by atoms with van der Waals surface area (Å²) in [4.78, 5) is 35.1. The third-order valence-electron chi connectivity index (χ3n) is 2.90. The van der Waals surface area contributed by atoms with E-state index in [1.165, 1.54) is 23.8 Å². The molecular formula is C11H14N2O4. The van der Waals surface area contributed by atoms with Crippen molar-refractivity contribution >= 4 is 5.97 Å². The molecule has 0 aliphatic heterocycles. The summed E-state index contributed by atoms with van der Waals surface area (Å²) in [5.41, 5.74) is -0.783. The minimum atomic E-state index is -0.393. The zero-order chi connectivity index (χ0) is 12.4. The average molecular weight is 238 g/mol. The lowest BCUT2D eigenvalue weighted by Gasteiger charge is -2.04. The molecule has 1 aromatic rings. The third kappa shape index (κ3) is 3.05. The van der Waals surface area contributed by atoms with Gasteiger partial charge >= 0.3 is 11.7 Å². The van der Waals surface area contributed by atoms with E-state index in [9.17, 15) is 14.4 Å². The summed E-state index contributed by atoms with van der Waals surface area (Å²) < 4.78 is 6.37. The van der Waals surface area contributed by atoms with Crippen LogP contribution in [0.5, 0.6) is 0 Å². The summed E-state index contributed by atoms with van der Waals surface area (Å²) in [6.07, 6.45) is 2.43. The van der Waals surface area contributed by atoms with Gasteiger partial charge in [0.25, 0.3) is 5.56 Å². The number of esters is 1. The number of aromatic nitrogens is 2. The molecule has 2 rings (SSSR count). The lowest BCUT2D eigenvalue weighted by atomic mass is 10.3. The Balaban J connectivity index is 1.89. The Morgan fingerprint density at radius 3 is 2.94 bits per heavy atom. The molecule has 0 bridgehead atoms. The molecule has 17 heavy (non-hydrogen) atoms. The van der Waals surface area contributed by atoms with Crippen LogP contribution in [-0.4, -0.2) is 22.1 Å². The first kappa shape index (κ1) is 11.6. The van der Waals surface area contributed by atoms with Gasteiger partial charge in [-0.3, -0.25) is 14.6 Å². The summed E-state index contributed by atoms with van der Waals surface area (Å²) in [5, 5.41) is 0. The van der Waals surface area contributed by atoms with Crippen LogP contribution in [0.3, 0.4) is 0 Å². The first-order chi connectivity index (χ1) is 8.06. The van der Waals surface area contributed by atoms with Crippen molar-refractivity contribution in [3.05, 3.63) is 33.1 Å². The number of nitrogens with zero attached hydrogens (tertiary/aromatic N) is 1. The predicted octanol–water partition coefficient (Wildman–Crippen LogP) is -0.264. The summed E-state index contributed by atoms with van der Waals surface area (Å²) in [6.45, 7) is 2.35. The molecule has 0 spiro atoms. The first-order valence-corrected chi connectivity index (χ1v) is 5.49. The largest absolute Gasteiger partial charge is 0.466 e. The Bertz CT molecular complexity index is 531. The van der Waals surface area contributed by atoms with Crippen LogP contribution in [0.4, 0.5) is 0 Å². The number of hydrogen-bond donors (Lipinski definition) is 1. The number of aromatic amines is 1. The van der Waals surface area contributed by atoms with Gasteiger partial charge in [-0.1, -0.05) is 0 Å². The highest BCUT2D eigenvalue weighted by atomic mass is 16.5. The van der Waals surface area contributed by atoms with Gasteiger partial charge in [-0.2, -0.15) is 0 Å². The Morgan fingerprint density at radius 1 is 1.53 bits per heavy atom. The van der Waals surface area contributed by atoms with Crippen LogP contribution in [0.1, 0.15) is 13.3 Å². The minimum absolute atomic E-state index is 0.281. The van der Waals surface area contributed by atoms with E-state index in [0.717, 1.165) is 6.42 Å². The number of rotatable bonds is 4. The molecule has 0 saturated heterocycles. The molecule has 0 amide bonds. The van der Waals surface area contributed by atoms with Gasteiger partial charge in [-0.05, 0) is 18.3 Å². The number of carbonyl (C=O) groups excluding carboxylic acids is 1. The highest BCUT2D eigenvalue weighted by Crippen LogP contribution is 2.39. The van der Waals surface area contributed by atoms with Crippen molar-refractivity contribution < 1.29 is 9.53 Å². The fraction of sp³-hybridized carbons (Fsp3) is 0.545. The molecule has 92 valence electrons. The SMILES string of the molecule is CC(=O)OC[C@@H]1C[C@@H]1Cn1ccc(=O)[nH]c1=O. The zero-order valence-corrected chi connectivity index (χ0v) is 9.51. The average Bonchev–Trinajstić information content (AvgIpc) is 2.98. The van der Waals surface area contributed by atoms with Crippen LogP contribution in [0.2, 0.25) is 0 Å². The molecule has 1 aliphatic carbocycles. The van der Waals surface area contributed by atoms with Crippen LogP contribution in [0.15, 0.2) is 21.9 Å². The molecular weight excluding hydrogens is 224 g/mol. The number of hydrogen-bond acceptors (Lipinski definition) is 4. The molecule has 0 radical (unpaired) electrons. The van der Waals surface area contributed by atoms with Crippen molar-refractivity contribution in [3.63, 3.8) is 0 Å². The smallest absolute Gasteiger partial charge is 0.328 e. The molecule has 1 aromatic heterocycles. The summed E-state index contributed by atoms with van der Waals surface area (Å²) in [5.74, 6) is 0.396. The molecule has 1 aliphatic rings. The van der Waals surface area contributed by atoms with Gasteiger partial charge in [-0.15, -0.1) is 0 Å². The zero-order valence-electron chi connectivity index (χ0n) is 9.51. The Labute approximate surface area is 97.2 Å². The van der Waals surface area contributed by atoms with Gasteiger partial charge in [0, 0.05) is 25.7 Å². The van der Waals surface area contributed by atoms with Gasteiger partial charge in [0.2, 0.25) is 0 Å². The normalized spacial score (nSPS) is 22.2. The van der Waals surface area contributed by atoms with Crippen molar-refractivity contribution in [1.29, 1.82) is 0 Å². The van der Waals surface area contributed by atoms with Crippen molar-refractivity contribution in [2.45, 2.75) is 19.9 Å². The first-order valence-electron chi connectivity index (χ1n) is 5.49. The topological polar surface area (TPSA) is 81.2 Å². The molecule has 6 heteroatoms.